The number of hydrogen-bond acceptors (Lipinski definition) is 4. The number of nitrogen functional groups attached to an aromatic ring is 1. The molecule has 0 unspecified atom stereocenters. The lowest BCUT2D eigenvalue weighted by Crippen LogP contribution is -2.14. The Hall–Kier alpha value is -1.60. The van der Waals surface area contributed by atoms with Crippen LogP contribution >= 0.6 is 28.3 Å². The molecule has 0 atom stereocenters. The van der Waals surface area contributed by atoms with Crippen molar-refractivity contribution in [3.8, 4) is 0 Å². The van der Waals surface area contributed by atoms with Crippen LogP contribution in [0.5, 0.6) is 0 Å². The van der Waals surface area contributed by atoms with E-state index in [0.29, 0.717) is 17.3 Å². The van der Waals surface area contributed by atoms with Gasteiger partial charge in [-0.05, 0) is 37.0 Å². The molecule has 6 nitrogen and oxygen atoms in total. The Morgan fingerprint density at radius 1 is 1.43 bits per heavy atom. The normalized spacial score (nSPS) is 10.5. The Morgan fingerprint density at radius 3 is 2.78 bits per heavy atom. The van der Waals surface area contributed by atoms with Crippen molar-refractivity contribution in [1.82, 2.24) is 15.0 Å². The number of rotatable bonds is 5. The van der Waals surface area contributed by atoms with Gasteiger partial charge in [-0.1, -0.05) is 35.0 Å². The number of anilines is 2. The Balaban J connectivity index is 0.00000264. The van der Waals surface area contributed by atoms with Gasteiger partial charge in [0.2, 0.25) is 0 Å². The summed E-state index contributed by atoms with van der Waals surface area (Å²) < 4.78 is 2.54. The van der Waals surface area contributed by atoms with Gasteiger partial charge in [0.25, 0.3) is 5.91 Å². The maximum atomic E-state index is 12.2. The molecule has 0 aliphatic carbocycles. The fraction of sp³-hybridized carbons (Fsp3) is 0.400. The van der Waals surface area contributed by atoms with E-state index in [0.717, 1.165) is 23.0 Å². The average molecular weight is 403 g/mol. The number of aromatic nitrogens is 3. The van der Waals surface area contributed by atoms with Gasteiger partial charge in [0.1, 0.15) is 0 Å². The van der Waals surface area contributed by atoms with Crippen LogP contribution in [0.25, 0.3) is 0 Å². The van der Waals surface area contributed by atoms with Gasteiger partial charge in [-0.3, -0.25) is 9.48 Å². The summed E-state index contributed by atoms with van der Waals surface area (Å²) in [6.07, 6.45) is 2.64. The molecule has 126 valence electrons. The van der Waals surface area contributed by atoms with Crippen molar-refractivity contribution >= 4 is 45.6 Å². The largest absolute Gasteiger partial charge is 0.397 e. The number of aryl methyl sites for hydroxylation is 2. The van der Waals surface area contributed by atoms with Crippen LogP contribution < -0.4 is 11.1 Å². The highest BCUT2D eigenvalue weighted by atomic mass is 79.9. The SMILES string of the molecule is Cc1cc(Br)cc(NC(=O)c2cn(CCC(C)C)nn2)c1N.Cl. The van der Waals surface area contributed by atoms with Gasteiger partial charge in [0.05, 0.1) is 17.6 Å². The van der Waals surface area contributed by atoms with Crippen LogP contribution in [0, 0.1) is 12.8 Å². The van der Waals surface area contributed by atoms with Gasteiger partial charge in [0.15, 0.2) is 5.69 Å². The van der Waals surface area contributed by atoms with E-state index in [1.54, 1.807) is 16.9 Å². The quantitative estimate of drug-likeness (QED) is 0.747. The smallest absolute Gasteiger partial charge is 0.277 e. The minimum atomic E-state index is -0.319. The molecular weight excluding hydrogens is 382 g/mol. The van der Waals surface area contributed by atoms with E-state index in [1.165, 1.54) is 0 Å². The molecule has 1 aromatic heterocycles. The van der Waals surface area contributed by atoms with E-state index in [-0.39, 0.29) is 24.0 Å². The molecular formula is C15H21BrClN5O. The Morgan fingerprint density at radius 2 is 2.13 bits per heavy atom. The topological polar surface area (TPSA) is 85.8 Å². The number of nitrogens with two attached hydrogens (primary N) is 1. The zero-order chi connectivity index (χ0) is 16.3. The zero-order valence-corrected chi connectivity index (χ0v) is 15.7. The summed E-state index contributed by atoms with van der Waals surface area (Å²) in [4.78, 5) is 12.2. The van der Waals surface area contributed by atoms with Crippen LogP contribution in [0.1, 0.15) is 36.3 Å². The molecule has 0 bridgehead atoms. The predicted octanol–water partition coefficient (Wildman–Crippen LogP) is 3.65. The first-order valence-corrected chi connectivity index (χ1v) is 7.93. The molecule has 0 aliphatic heterocycles. The first-order chi connectivity index (χ1) is 10.4. The lowest BCUT2D eigenvalue weighted by atomic mass is 10.1. The van der Waals surface area contributed by atoms with Crippen molar-refractivity contribution in [2.45, 2.75) is 33.7 Å². The van der Waals surface area contributed by atoms with Crippen molar-refractivity contribution in [3.05, 3.63) is 34.1 Å². The van der Waals surface area contributed by atoms with Crippen LogP contribution in [0.15, 0.2) is 22.8 Å². The summed E-state index contributed by atoms with van der Waals surface area (Å²) in [7, 11) is 0. The maximum absolute atomic E-state index is 12.2. The lowest BCUT2D eigenvalue weighted by Gasteiger charge is -2.10. The molecule has 1 amide bonds. The van der Waals surface area contributed by atoms with E-state index in [1.807, 2.05) is 13.0 Å². The molecule has 0 fully saturated rings. The zero-order valence-electron chi connectivity index (χ0n) is 13.3. The number of halogens is 2. The van der Waals surface area contributed by atoms with Crippen molar-refractivity contribution < 1.29 is 4.79 Å². The number of carbonyl (C=O) groups is 1. The van der Waals surface area contributed by atoms with E-state index in [2.05, 4.69) is 45.4 Å². The van der Waals surface area contributed by atoms with Crippen molar-refractivity contribution in [3.63, 3.8) is 0 Å². The monoisotopic (exact) mass is 401 g/mol. The highest BCUT2D eigenvalue weighted by molar-refractivity contribution is 9.10. The minimum absolute atomic E-state index is 0. The van der Waals surface area contributed by atoms with Crippen LogP contribution in [-0.4, -0.2) is 20.9 Å². The van der Waals surface area contributed by atoms with Gasteiger partial charge in [-0.25, -0.2) is 0 Å². The van der Waals surface area contributed by atoms with Crippen molar-refractivity contribution in [1.29, 1.82) is 0 Å². The van der Waals surface area contributed by atoms with Crippen LogP contribution in [0.3, 0.4) is 0 Å². The molecule has 3 N–H and O–H groups in total. The number of hydrogen-bond donors (Lipinski definition) is 2. The molecule has 8 heteroatoms. The van der Waals surface area contributed by atoms with Gasteiger partial charge >= 0.3 is 0 Å². The molecule has 2 aromatic rings. The van der Waals surface area contributed by atoms with Crippen molar-refractivity contribution in [2.75, 3.05) is 11.1 Å². The second kappa shape index (κ2) is 8.31. The summed E-state index contributed by atoms with van der Waals surface area (Å²) >= 11 is 3.39. The second-order valence-corrected chi connectivity index (χ2v) is 6.60. The third-order valence-electron chi connectivity index (χ3n) is 3.31. The summed E-state index contributed by atoms with van der Waals surface area (Å²) in [5.41, 5.74) is 8.27. The Labute approximate surface area is 150 Å². The number of benzene rings is 1. The number of carbonyl (C=O) groups excluding carboxylic acids is 1. The van der Waals surface area contributed by atoms with E-state index in [4.69, 9.17) is 5.73 Å². The minimum Gasteiger partial charge on any atom is -0.397 e. The molecule has 1 aromatic carbocycles. The molecule has 2 rings (SSSR count). The van der Waals surface area contributed by atoms with E-state index in [9.17, 15) is 4.79 Å². The standard InChI is InChI=1S/C15H20BrN5O.ClH/c1-9(2)4-5-21-8-13(19-20-21)15(22)18-12-7-11(16)6-10(3)14(12)17;/h6-9H,4-5,17H2,1-3H3,(H,18,22);1H. The molecule has 0 spiro atoms. The molecule has 0 aliphatic rings. The highest BCUT2D eigenvalue weighted by Crippen LogP contribution is 2.27. The first kappa shape index (κ1) is 19.4. The van der Waals surface area contributed by atoms with Crippen LogP contribution in [0.4, 0.5) is 11.4 Å². The molecule has 23 heavy (non-hydrogen) atoms. The number of amides is 1. The molecule has 0 saturated carbocycles. The lowest BCUT2D eigenvalue weighted by molar-refractivity contribution is 0.102. The van der Waals surface area contributed by atoms with Gasteiger partial charge in [-0.2, -0.15) is 0 Å². The van der Waals surface area contributed by atoms with Gasteiger partial charge < -0.3 is 11.1 Å². The molecule has 0 saturated heterocycles. The third kappa shape index (κ3) is 5.21. The predicted molar refractivity (Wildman–Crippen MR) is 98.0 cm³/mol. The maximum Gasteiger partial charge on any atom is 0.277 e. The van der Waals surface area contributed by atoms with Crippen LogP contribution in [0.2, 0.25) is 0 Å². The summed E-state index contributed by atoms with van der Waals surface area (Å²) in [5, 5.41) is 10.7. The fourth-order valence-electron chi connectivity index (χ4n) is 1.95. The fourth-order valence-corrected chi connectivity index (χ4v) is 2.52. The Kier molecular flexibility index (Phi) is 7.02. The van der Waals surface area contributed by atoms with Crippen molar-refractivity contribution in [2.24, 2.45) is 5.92 Å². The highest BCUT2D eigenvalue weighted by Gasteiger charge is 2.14. The van der Waals surface area contributed by atoms with E-state index >= 15 is 0 Å². The Bertz CT molecular complexity index is 687. The van der Waals surface area contributed by atoms with Gasteiger partial charge in [-0.15, -0.1) is 17.5 Å². The second-order valence-electron chi connectivity index (χ2n) is 5.69. The number of nitrogens with zero attached hydrogens (tertiary/aromatic N) is 3. The van der Waals surface area contributed by atoms with Gasteiger partial charge in [0, 0.05) is 11.0 Å². The average Bonchev–Trinajstić information content (AvgIpc) is 2.91. The molecule has 0 radical (unpaired) electrons. The first-order valence-electron chi connectivity index (χ1n) is 7.14. The summed E-state index contributed by atoms with van der Waals surface area (Å²) in [6.45, 7) is 6.92. The number of nitrogens with one attached hydrogen (secondary N) is 1. The summed E-state index contributed by atoms with van der Waals surface area (Å²) in [6, 6.07) is 3.66. The summed E-state index contributed by atoms with van der Waals surface area (Å²) in [5.74, 6) is 0.255. The van der Waals surface area contributed by atoms with Crippen LogP contribution in [-0.2, 0) is 6.54 Å². The molecule has 1 heterocycles. The third-order valence-corrected chi connectivity index (χ3v) is 3.76. The van der Waals surface area contributed by atoms with E-state index < -0.39 is 0 Å².